The Bertz CT molecular complexity index is 1510. The smallest absolute Gasteiger partial charge is 0.255 e. The predicted molar refractivity (Wildman–Crippen MR) is 128 cm³/mol. The van der Waals surface area contributed by atoms with Gasteiger partial charge in [0, 0.05) is 36.8 Å². The lowest BCUT2D eigenvalue weighted by atomic mass is 10.00. The van der Waals surface area contributed by atoms with Crippen molar-refractivity contribution in [3.8, 4) is 11.6 Å². The Hall–Kier alpha value is -4.39. The second kappa shape index (κ2) is 8.51. The summed E-state index contributed by atoms with van der Waals surface area (Å²) in [5.74, 6) is -0.993. The first-order valence-electron chi connectivity index (χ1n) is 10.8. The molecule has 2 N–H and O–H groups in total. The van der Waals surface area contributed by atoms with Crippen LogP contribution in [0.3, 0.4) is 0 Å². The molecular formula is C27H22FN3O3. The minimum absolute atomic E-state index is 0.157. The topological polar surface area (TPSA) is 78.6 Å². The number of hydrogen-bond acceptors (Lipinski definition) is 4. The number of phenolic OH excluding ortho intramolecular Hbond substituents is 1. The molecule has 0 saturated heterocycles. The van der Waals surface area contributed by atoms with Gasteiger partial charge in [0.15, 0.2) is 5.75 Å². The van der Waals surface area contributed by atoms with Gasteiger partial charge in [0.25, 0.3) is 5.91 Å². The monoisotopic (exact) mass is 455 g/mol. The number of pyridine rings is 1. The summed E-state index contributed by atoms with van der Waals surface area (Å²) in [4.78, 5) is 19.6. The van der Waals surface area contributed by atoms with E-state index in [1.165, 1.54) is 22.9 Å². The first-order chi connectivity index (χ1) is 16.4. The van der Waals surface area contributed by atoms with Crippen LogP contribution < -0.4 is 0 Å². The Balaban J connectivity index is 1.66. The highest BCUT2D eigenvalue weighted by Crippen LogP contribution is 2.42. The molecule has 6 nitrogen and oxygen atoms in total. The van der Waals surface area contributed by atoms with Gasteiger partial charge in [-0.25, -0.2) is 4.39 Å². The number of aromatic hydroxyl groups is 2. The number of aromatic nitrogens is 2. The number of phenols is 1. The molecule has 0 radical (unpaired) electrons. The van der Waals surface area contributed by atoms with Crippen molar-refractivity contribution in [2.75, 3.05) is 7.05 Å². The zero-order valence-electron chi connectivity index (χ0n) is 18.4. The van der Waals surface area contributed by atoms with Crippen molar-refractivity contribution in [3.63, 3.8) is 0 Å². The molecule has 2 aromatic heterocycles. The molecule has 34 heavy (non-hydrogen) atoms. The number of rotatable bonds is 5. The van der Waals surface area contributed by atoms with E-state index in [-0.39, 0.29) is 40.8 Å². The molecule has 170 valence electrons. The van der Waals surface area contributed by atoms with Gasteiger partial charge in [-0.15, -0.1) is 0 Å². The van der Waals surface area contributed by atoms with Gasteiger partial charge in [0.05, 0.1) is 17.5 Å². The van der Waals surface area contributed by atoms with E-state index in [0.717, 1.165) is 11.1 Å². The van der Waals surface area contributed by atoms with Gasteiger partial charge in [0.1, 0.15) is 11.3 Å². The molecule has 0 aliphatic heterocycles. The van der Waals surface area contributed by atoms with Crippen LogP contribution in [-0.4, -0.2) is 37.6 Å². The standard InChI is InChI=1S/C27H22FN3O3/c1-30(14-17-6-3-2-4-7-17)26(33)22-20-8-5-13-29-24(20)25(32)23-21(22)16-31(27(23)34)15-18-9-11-19(28)12-10-18/h2-13,16,32,34H,14-15H2,1H3. The lowest BCUT2D eigenvalue weighted by Crippen LogP contribution is -2.26. The molecule has 5 aromatic rings. The molecule has 2 heterocycles. The van der Waals surface area contributed by atoms with Crippen molar-refractivity contribution < 1.29 is 19.4 Å². The van der Waals surface area contributed by atoms with Crippen LogP contribution in [0, 0.1) is 5.82 Å². The zero-order chi connectivity index (χ0) is 23.8. The fourth-order valence-corrected chi connectivity index (χ4v) is 4.29. The number of halogens is 1. The van der Waals surface area contributed by atoms with Crippen LogP contribution in [0.1, 0.15) is 21.5 Å². The maximum Gasteiger partial charge on any atom is 0.255 e. The Kier molecular flexibility index (Phi) is 5.37. The third-order valence-corrected chi connectivity index (χ3v) is 5.95. The summed E-state index contributed by atoms with van der Waals surface area (Å²) in [7, 11) is 1.71. The Labute approximate surface area is 195 Å². The van der Waals surface area contributed by atoms with Crippen LogP contribution in [0.5, 0.6) is 11.6 Å². The first kappa shape index (κ1) is 21.5. The second-order valence-electron chi connectivity index (χ2n) is 8.27. The van der Waals surface area contributed by atoms with Crippen molar-refractivity contribution >= 4 is 27.6 Å². The molecule has 1 amide bonds. The van der Waals surface area contributed by atoms with Gasteiger partial charge in [-0.1, -0.05) is 48.5 Å². The van der Waals surface area contributed by atoms with Crippen LogP contribution in [-0.2, 0) is 13.1 Å². The molecule has 0 fully saturated rings. The van der Waals surface area contributed by atoms with Gasteiger partial charge in [-0.05, 0) is 29.3 Å². The SMILES string of the molecule is CN(Cc1ccccc1)C(=O)c1c2cccnc2c(O)c2c(O)n(Cc3ccc(F)cc3)cc12. The van der Waals surface area contributed by atoms with Gasteiger partial charge in [-0.3, -0.25) is 9.78 Å². The Morgan fingerprint density at radius 3 is 2.44 bits per heavy atom. The van der Waals surface area contributed by atoms with Crippen LogP contribution >= 0.6 is 0 Å². The van der Waals surface area contributed by atoms with E-state index in [9.17, 15) is 19.4 Å². The van der Waals surface area contributed by atoms with Crippen molar-refractivity contribution in [2.24, 2.45) is 0 Å². The van der Waals surface area contributed by atoms with E-state index in [0.29, 0.717) is 22.9 Å². The highest BCUT2D eigenvalue weighted by Gasteiger charge is 2.26. The van der Waals surface area contributed by atoms with Crippen molar-refractivity contribution in [1.29, 1.82) is 0 Å². The minimum Gasteiger partial charge on any atom is -0.505 e. The van der Waals surface area contributed by atoms with Crippen LogP contribution in [0.15, 0.2) is 79.1 Å². The summed E-state index contributed by atoms with van der Waals surface area (Å²) in [6, 6.07) is 19.0. The van der Waals surface area contributed by atoms with Crippen LogP contribution in [0.2, 0.25) is 0 Å². The fraction of sp³-hybridized carbons (Fsp3) is 0.111. The van der Waals surface area contributed by atoms with Crippen LogP contribution in [0.4, 0.5) is 4.39 Å². The molecule has 0 aliphatic carbocycles. The van der Waals surface area contributed by atoms with E-state index in [1.54, 1.807) is 42.4 Å². The maximum absolute atomic E-state index is 13.7. The predicted octanol–water partition coefficient (Wildman–Crippen LogP) is 5.06. The number of amides is 1. The summed E-state index contributed by atoms with van der Waals surface area (Å²) in [5.41, 5.74) is 2.32. The van der Waals surface area contributed by atoms with Gasteiger partial charge < -0.3 is 19.7 Å². The number of carbonyl (C=O) groups is 1. The van der Waals surface area contributed by atoms with Crippen molar-refractivity contribution in [3.05, 3.63) is 102 Å². The number of carbonyl (C=O) groups excluding carboxylic acids is 1. The van der Waals surface area contributed by atoms with Gasteiger partial charge in [0.2, 0.25) is 5.88 Å². The number of fused-ring (bicyclic) bond motifs is 2. The lowest BCUT2D eigenvalue weighted by Gasteiger charge is -2.19. The second-order valence-corrected chi connectivity index (χ2v) is 8.27. The summed E-state index contributed by atoms with van der Waals surface area (Å²) in [6.07, 6.45) is 3.17. The average Bonchev–Trinajstić information content (AvgIpc) is 3.17. The van der Waals surface area contributed by atoms with Gasteiger partial charge in [-0.2, -0.15) is 0 Å². The van der Waals surface area contributed by atoms with Gasteiger partial charge >= 0.3 is 0 Å². The van der Waals surface area contributed by atoms with E-state index in [1.807, 2.05) is 30.3 Å². The molecular weight excluding hydrogens is 433 g/mol. The lowest BCUT2D eigenvalue weighted by molar-refractivity contribution is 0.0789. The minimum atomic E-state index is -0.352. The molecule has 7 heteroatoms. The third kappa shape index (κ3) is 3.71. The van der Waals surface area contributed by atoms with E-state index < -0.39 is 0 Å². The summed E-state index contributed by atoms with van der Waals surface area (Å²) >= 11 is 0. The Morgan fingerprint density at radius 2 is 1.71 bits per heavy atom. The molecule has 0 spiro atoms. The maximum atomic E-state index is 13.7. The molecule has 0 unspecified atom stereocenters. The number of benzene rings is 3. The quantitative estimate of drug-likeness (QED) is 0.388. The van der Waals surface area contributed by atoms with Crippen molar-refractivity contribution in [1.82, 2.24) is 14.5 Å². The summed E-state index contributed by atoms with van der Waals surface area (Å²) in [5, 5.41) is 23.1. The number of nitrogens with zero attached hydrogens (tertiary/aromatic N) is 3. The zero-order valence-corrected chi connectivity index (χ0v) is 18.4. The highest BCUT2D eigenvalue weighted by atomic mass is 19.1. The molecule has 0 bridgehead atoms. The molecule has 3 aromatic carbocycles. The summed E-state index contributed by atoms with van der Waals surface area (Å²) < 4.78 is 14.9. The number of hydrogen-bond donors (Lipinski definition) is 2. The van der Waals surface area contributed by atoms with E-state index in [4.69, 9.17) is 0 Å². The molecule has 0 saturated carbocycles. The molecule has 5 rings (SSSR count). The van der Waals surface area contributed by atoms with E-state index >= 15 is 0 Å². The third-order valence-electron chi connectivity index (χ3n) is 5.95. The normalized spacial score (nSPS) is 11.2. The molecule has 0 atom stereocenters. The molecule has 0 aliphatic rings. The first-order valence-corrected chi connectivity index (χ1v) is 10.8. The largest absolute Gasteiger partial charge is 0.505 e. The highest BCUT2D eigenvalue weighted by molar-refractivity contribution is 6.21. The fourth-order valence-electron chi connectivity index (χ4n) is 4.29. The summed E-state index contributed by atoms with van der Waals surface area (Å²) in [6.45, 7) is 0.629. The van der Waals surface area contributed by atoms with E-state index in [2.05, 4.69) is 4.98 Å². The average molecular weight is 455 g/mol. The van der Waals surface area contributed by atoms with Crippen LogP contribution in [0.25, 0.3) is 21.7 Å². The Morgan fingerprint density at radius 1 is 0.971 bits per heavy atom. The van der Waals surface area contributed by atoms with Crippen molar-refractivity contribution in [2.45, 2.75) is 13.1 Å².